The molecule has 0 spiro atoms. The highest BCUT2D eigenvalue weighted by Gasteiger charge is 2.46. The lowest BCUT2D eigenvalue weighted by Crippen LogP contribution is -2.56. The van der Waals surface area contributed by atoms with E-state index in [9.17, 15) is 4.79 Å². The van der Waals surface area contributed by atoms with Crippen molar-refractivity contribution in [1.82, 2.24) is 20.4 Å². The van der Waals surface area contributed by atoms with Crippen LogP contribution in [0.2, 0.25) is 5.02 Å². The van der Waals surface area contributed by atoms with Gasteiger partial charge in [0.15, 0.2) is 0 Å². The van der Waals surface area contributed by atoms with Crippen molar-refractivity contribution in [2.75, 3.05) is 13.1 Å². The second-order valence-electron chi connectivity index (χ2n) is 7.11. The molecule has 0 radical (unpaired) electrons. The minimum Gasteiger partial charge on any atom is -0.345 e. The van der Waals surface area contributed by atoms with Crippen molar-refractivity contribution in [3.05, 3.63) is 35.2 Å². The molecule has 2 heterocycles. The van der Waals surface area contributed by atoms with Gasteiger partial charge in [0.1, 0.15) is 5.54 Å². The number of carbonyl (C=O) groups is 1. The molecule has 7 heteroatoms. The summed E-state index contributed by atoms with van der Waals surface area (Å²) in [5.41, 5.74) is 0.377. The molecule has 4 rings (SSSR count). The van der Waals surface area contributed by atoms with E-state index in [1.165, 1.54) is 12.8 Å². The van der Waals surface area contributed by atoms with Crippen LogP contribution in [0.4, 0.5) is 0 Å². The van der Waals surface area contributed by atoms with Crippen molar-refractivity contribution < 1.29 is 9.32 Å². The summed E-state index contributed by atoms with van der Waals surface area (Å²) in [5, 5.41) is 7.59. The monoisotopic (exact) mass is 374 g/mol. The molecule has 1 aromatic carbocycles. The van der Waals surface area contributed by atoms with Crippen LogP contribution in [0, 0.1) is 0 Å². The van der Waals surface area contributed by atoms with Gasteiger partial charge >= 0.3 is 0 Å². The number of amides is 1. The highest BCUT2D eigenvalue weighted by atomic mass is 35.5. The van der Waals surface area contributed by atoms with Gasteiger partial charge in [-0.15, -0.1) is 0 Å². The quantitative estimate of drug-likeness (QED) is 0.868. The molecule has 138 valence electrons. The molecule has 26 heavy (non-hydrogen) atoms. The first kappa shape index (κ1) is 17.5. The average molecular weight is 375 g/mol. The van der Waals surface area contributed by atoms with Crippen LogP contribution in [0.1, 0.15) is 44.4 Å². The van der Waals surface area contributed by atoms with E-state index >= 15 is 0 Å². The molecular weight excluding hydrogens is 352 g/mol. The maximum absolute atomic E-state index is 13.0. The van der Waals surface area contributed by atoms with Gasteiger partial charge in [0.2, 0.25) is 17.6 Å². The molecule has 0 unspecified atom stereocenters. The van der Waals surface area contributed by atoms with Gasteiger partial charge in [0, 0.05) is 5.56 Å². The maximum atomic E-state index is 13.0. The average Bonchev–Trinajstić information content (AvgIpc) is 3.41. The van der Waals surface area contributed by atoms with E-state index in [0.717, 1.165) is 44.3 Å². The first-order valence-corrected chi connectivity index (χ1v) is 9.68. The number of aromatic nitrogens is 2. The number of carbonyl (C=O) groups excluding carboxylic acids is 1. The van der Waals surface area contributed by atoms with E-state index in [1.54, 1.807) is 6.07 Å². The molecule has 1 aliphatic carbocycles. The zero-order chi connectivity index (χ0) is 18.0. The molecular formula is C19H23ClN4O2. The summed E-state index contributed by atoms with van der Waals surface area (Å²) >= 11 is 6.18. The van der Waals surface area contributed by atoms with Gasteiger partial charge in [-0.25, -0.2) is 0 Å². The van der Waals surface area contributed by atoms with Crippen molar-refractivity contribution in [3.63, 3.8) is 0 Å². The van der Waals surface area contributed by atoms with Crippen LogP contribution in [0.3, 0.4) is 0 Å². The number of halogens is 1. The Balaban J connectivity index is 1.44. The minimum atomic E-state index is -0.345. The fraction of sp³-hybridized carbons (Fsp3) is 0.526. The molecule has 0 atom stereocenters. The molecule has 6 nitrogen and oxygen atoms in total. The second kappa shape index (κ2) is 7.37. The van der Waals surface area contributed by atoms with Gasteiger partial charge in [-0.3, -0.25) is 9.69 Å². The topological polar surface area (TPSA) is 71.3 Å². The molecule has 1 aromatic heterocycles. The lowest BCUT2D eigenvalue weighted by Gasteiger charge is -2.37. The highest BCUT2D eigenvalue weighted by molar-refractivity contribution is 6.33. The van der Waals surface area contributed by atoms with Crippen molar-refractivity contribution in [2.45, 2.75) is 50.6 Å². The summed E-state index contributed by atoms with van der Waals surface area (Å²) in [6.07, 6.45) is 6.46. The Hall–Kier alpha value is -1.92. The fourth-order valence-electron chi connectivity index (χ4n) is 4.19. The minimum absolute atomic E-state index is 0.0920. The van der Waals surface area contributed by atoms with Gasteiger partial charge in [0.05, 0.1) is 11.6 Å². The van der Waals surface area contributed by atoms with Crippen LogP contribution in [-0.2, 0) is 11.3 Å². The molecule has 2 fully saturated rings. The summed E-state index contributed by atoms with van der Waals surface area (Å²) in [6, 6.07) is 7.36. The van der Waals surface area contributed by atoms with Crippen LogP contribution in [0.15, 0.2) is 28.8 Å². The van der Waals surface area contributed by atoms with Gasteiger partial charge < -0.3 is 9.84 Å². The normalized spacial score (nSPS) is 19.7. The lowest BCUT2D eigenvalue weighted by atomic mass is 9.94. The number of nitrogens with one attached hydrogen (secondary N) is 1. The number of benzene rings is 1. The van der Waals surface area contributed by atoms with E-state index in [2.05, 4.69) is 20.4 Å². The SMILES string of the molecule is O=C(NCc1nc(-c2ccccc2Cl)no1)C1(N2CCCC2)CCCC1. The van der Waals surface area contributed by atoms with Gasteiger partial charge in [0.25, 0.3) is 0 Å². The Morgan fingerprint density at radius 1 is 1.19 bits per heavy atom. The predicted octanol–water partition coefficient (Wildman–Crippen LogP) is 3.41. The zero-order valence-electron chi connectivity index (χ0n) is 14.7. The van der Waals surface area contributed by atoms with Crippen molar-refractivity contribution in [1.29, 1.82) is 0 Å². The standard InChI is InChI=1S/C19H23ClN4O2/c20-15-8-2-1-7-14(15)17-22-16(26-23-17)13-21-18(25)19(9-3-4-10-19)24-11-5-6-12-24/h1-2,7-8H,3-6,9-13H2,(H,21,25). The van der Waals surface area contributed by atoms with Crippen LogP contribution in [-0.4, -0.2) is 39.6 Å². The van der Waals surface area contributed by atoms with E-state index < -0.39 is 0 Å². The number of likely N-dealkylation sites (tertiary alicyclic amines) is 1. The predicted molar refractivity (Wildman–Crippen MR) is 98.6 cm³/mol. The lowest BCUT2D eigenvalue weighted by molar-refractivity contribution is -0.133. The number of rotatable bonds is 5. The largest absolute Gasteiger partial charge is 0.345 e. The maximum Gasteiger partial charge on any atom is 0.246 e. The number of hydrogen-bond donors (Lipinski definition) is 1. The fourth-order valence-corrected chi connectivity index (χ4v) is 4.41. The molecule has 1 saturated carbocycles. The van der Waals surface area contributed by atoms with Gasteiger partial charge in [-0.2, -0.15) is 4.98 Å². The Labute approximate surface area is 157 Å². The summed E-state index contributed by atoms with van der Waals surface area (Å²) in [7, 11) is 0. The van der Waals surface area contributed by atoms with Crippen LogP contribution in [0.25, 0.3) is 11.4 Å². The van der Waals surface area contributed by atoms with Crippen molar-refractivity contribution >= 4 is 17.5 Å². The van der Waals surface area contributed by atoms with E-state index in [1.807, 2.05) is 18.2 Å². The Bertz CT molecular complexity index is 779. The second-order valence-corrected chi connectivity index (χ2v) is 7.51. The van der Waals surface area contributed by atoms with Crippen LogP contribution in [0.5, 0.6) is 0 Å². The van der Waals surface area contributed by atoms with E-state index in [4.69, 9.17) is 16.1 Å². The first-order chi connectivity index (χ1) is 12.7. The van der Waals surface area contributed by atoms with E-state index in [-0.39, 0.29) is 18.0 Å². The Morgan fingerprint density at radius 2 is 1.92 bits per heavy atom. The molecule has 1 N–H and O–H groups in total. The Morgan fingerprint density at radius 3 is 2.65 bits per heavy atom. The van der Waals surface area contributed by atoms with Crippen LogP contribution >= 0.6 is 11.6 Å². The third kappa shape index (κ3) is 3.23. The first-order valence-electron chi connectivity index (χ1n) is 9.30. The third-order valence-electron chi connectivity index (χ3n) is 5.55. The molecule has 1 saturated heterocycles. The molecule has 1 amide bonds. The summed E-state index contributed by atoms with van der Waals surface area (Å²) in [5.74, 6) is 0.923. The van der Waals surface area contributed by atoms with Gasteiger partial charge in [-0.1, -0.05) is 41.7 Å². The van der Waals surface area contributed by atoms with E-state index in [0.29, 0.717) is 16.7 Å². The van der Waals surface area contributed by atoms with Crippen molar-refractivity contribution in [2.24, 2.45) is 0 Å². The number of hydrogen-bond acceptors (Lipinski definition) is 5. The summed E-state index contributed by atoms with van der Waals surface area (Å²) < 4.78 is 5.30. The summed E-state index contributed by atoms with van der Waals surface area (Å²) in [6.45, 7) is 2.28. The smallest absolute Gasteiger partial charge is 0.246 e. The van der Waals surface area contributed by atoms with Crippen LogP contribution < -0.4 is 5.32 Å². The molecule has 1 aliphatic heterocycles. The third-order valence-corrected chi connectivity index (χ3v) is 5.88. The summed E-state index contributed by atoms with van der Waals surface area (Å²) in [4.78, 5) is 19.7. The molecule has 0 bridgehead atoms. The Kier molecular flexibility index (Phi) is 4.96. The molecule has 2 aromatic rings. The van der Waals surface area contributed by atoms with Crippen molar-refractivity contribution in [3.8, 4) is 11.4 Å². The number of nitrogens with zero attached hydrogens (tertiary/aromatic N) is 3. The zero-order valence-corrected chi connectivity index (χ0v) is 15.5. The van der Waals surface area contributed by atoms with Gasteiger partial charge in [-0.05, 0) is 50.9 Å². The highest BCUT2D eigenvalue weighted by Crippen LogP contribution is 2.37. The molecule has 2 aliphatic rings.